The first-order valence-corrected chi connectivity index (χ1v) is 13.4. The first-order valence-electron chi connectivity index (χ1n) is 10.6. The molecule has 2 aromatic rings. The van der Waals surface area contributed by atoms with Crippen LogP contribution in [0.2, 0.25) is 0 Å². The molecule has 1 fully saturated rings. The highest BCUT2D eigenvalue weighted by Crippen LogP contribution is 2.30. The number of urea groups is 1. The van der Waals surface area contributed by atoms with Gasteiger partial charge in [0.25, 0.3) is 0 Å². The number of carbonyl (C=O) groups excluding carboxylic acids is 1. The summed E-state index contributed by atoms with van der Waals surface area (Å²) >= 11 is 4.35. The second-order valence-electron chi connectivity index (χ2n) is 7.72. The van der Waals surface area contributed by atoms with Crippen LogP contribution in [0, 0.1) is 5.92 Å². The summed E-state index contributed by atoms with van der Waals surface area (Å²) in [6, 6.07) is 10.5. The molecule has 0 radical (unpaired) electrons. The lowest BCUT2D eigenvalue weighted by molar-refractivity contribution is -0.133. The number of anilines is 1. The summed E-state index contributed by atoms with van der Waals surface area (Å²) in [5.74, 6) is 0.809. The molecule has 0 unspecified atom stereocenters. The largest absolute Gasteiger partial charge is 0.481 e. The van der Waals surface area contributed by atoms with Gasteiger partial charge < -0.3 is 10.0 Å². The molecule has 2 N–H and O–H groups in total. The van der Waals surface area contributed by atoms with E-state index < -0.39 is 5.97 Å². The van der Waals surface area contributed by atoms with Crippen molar-refractivity contribution in [3.63, 3.8) is 0 Å². The normalized spacial score (nSPS) is 18.5. The summed E-state index contributed by atoms with van der Waals surface area (Å²) < 4.78 is 0.787. The summed E-state index contributed by atoms with van der Waals surface area (Å²) in [6.07, 6.45) is 6.94. The van der Waals surface area contributed by atoms with Gasteiger partial charge in [-0.15, -0.1) is 23.5 Å². The van der Waals surface area contributed by atoms with E-state index in [1.807, 2.05) is 34.9 Å². The van der Waals surface area contributed by atoms with Gasteiger partial charge in [0.2, 0.25) is 0 Å². The van der Waals surface area contributed by atoms with Crippen molar-refractivity contribution in [2.24, 2.45) is 5.92 Å². The SMILES string of the molecule is CC1CCC(N(CCCSc2ccccc2)C(=O)Nc2ncc(SCC(=O)O)s2)CC1. The summed E-state index contributed by atoms with van der Waals surface area (Å²) in [4.78, 5) is 31.3. The Bertz CT molecular complexity index is 839. The van der Waals surface area contributed by atoms with E-state index in [-0.39, 0.29) is 17.8 Å². The van der Waals surface area contributed by atoms with Crippen LogP contribution in [0.4, 0.5) is 9.93 Å². The fourth-order valence-corrected chi connectivity index (χ4v) is 6.07. The topological polar surface area (TPSA) is 82.5 Å². The Hall–Kier alpha value is -1.71. The fraction of sp³-hybridized carbons (Fsp3) is 0.500. The molecule has 0 saturated heterocycles. The van der Waals surface area contributed by atoms with Crippen molar-refractivity contribution in [1.82, 2.24) is 9.88 Å². The Labute approximate surface area is 196 Å². The number of benzene rings is 1. The van der Waals surface area contributed by atoms with Crippen LogP contribution >= 0.6 is 34.9 Å². The van der Waals surface area contributed by atoms with Crippen molar-refractivity contribution < 1.29 is 14.7 Å². The molecule has 0 atom stereocenters. The lowest BCUT2D eigenvalue weighted by Gasteiger charge is -2.36. The predicted molar refractivity (Wildman–Crippen MR) is 129 cm³/mol. The van der Waals surface area contributed by atoms with Crippen molar-refractivity contribution in [3.8, 4) is 0 Å². The number of aromatic nitrogens is 1. The molecule has 1 aromatic heterocycles. The van der Waals surface area contributed by atoms with Crippen molar-refractivity contribution in [3.05, 3.63) is 36.5 Å². The predicted octanol–water partition coefficient (Wildman–Crippen LogP) is 5.91. The Morgan fingerprint density at radius 3 is 2.65 bits per heavy atom. The number of hydrogen-bond donors (Lipinski definition) is 2. The zero-order valence-electron chi connectivity index (χ0n) is 17.7. The van der Waals surface area contributed by atoms with Gasteiger partial charge in [0, 0.05) is 17.5 Å². The van der Waals surface area contributed by atoms with Gasteiger partial charge in [-0.05, 0) is 55.9 Å². The van der Waals surface area contributed by atoms with E-state index in [1.54, 1.807) is 6.20 Å². The summed E-state index contributed by atoms with van der Waals surface area (Å²) in [5.41, 5.74) is 0. The maximum atomic E-state index is 13.1. The van der Waals surface area contributed by atoms with Crippen LogP contribution in [-0.2, 0) is 4.79 Å². The van der Waals surface area contributed by atoms with E-state index in [4.69, 9.17) is 5.11 Å². The van der Waals surface area contributed by atoms with E-state index in [0.717, 1.165) is 54.5 Å². The minimum Gasteiger partial charge on any atom is -0.481 e. The second kappa shape index (κ2) is 12.4. The number of rotatable bonds is 10. The van der Waals surface area contributed by atoms with E-state index in [9.17, 15) is 9.59 Å². The fourth-order valence-electron chi connectivity index (χ4n) is 3.63. The van der Waals surface area contributed by atoms with Gasteiger partial charge in [-0.1, -0.05) is 36.5 Å². The third-order valence-electron chi connectivity index (χ3n) is 5.28. The molecule has 0 bridgehead atoms. The average molecular weight is 480 g/mol. The van der Waals surface area contributed by atoms with Gasteiger partial charge >= 0.3 is 12.0 Å². The third kappa shape index (κ3) is 8.05. The second-order valence-corrected chi connectivity index (χ2v) is 11.2. The number of aliphatic carboxylic acids is 1. The monoisotopic (exact) mass is 479 g/mol. The maximum absolute atomic E-state index is 13.1. The molecule has 1 saturated carbocycles. The van der Waals surface area contributed by atoms with Crippen LogP contribution in [-0.4, -0.2) is 51.1 Å². The Morgan fingerprint density at radius 1 is 1.19 bits per heavy atom. The Kier molecular flexibility index (Phi) is 9.54. The molecule has 31 heavy (non-hydrogen) atoms. The number of thiazole rings is 1. The zero-order chi connectivity index (χ0) is 22.1. The zero-order valence-corrected chi connectivity index (χ0v) is 20.1. The molecule has 6 nitrogen and oxygen atoms in total. The molecular formula is C22H29N3O3S3. The van der Waals surface area contributed by atoms with Crippen molar-refractivity contribution >= 4 is 52.0 Å². The lowest BCUT2D eigenvalue weighted by Crippen LogP contribution is -2.45. The number of hydrogen-bond acceptors (Lipinski definition) is 6. The van der Waals surface area contributed by atoms with Gasteiger partial charge in [0.15, 0.2) is 5.13 Å². The first kappa shape index (κ1) is 23.9. The molecule has 3 rings (SSSR count). The Balaban J connectivity index is 1.56. The molecule has 9 heteroatoms. The smallest absolute Gasteiger partial charge is 0.323 e. The lowest BCUT2D eigenvalue weighted by atomic mass is 9.86. The van der Waals surface area contributed by atoms with Gasteiger partial charge in [-0.25, -0.2) is 9.78 Å². The van der Waals surface area contributed by atoms with E-state index >= 15 is 0 Å². The highest BCUT2D eigenvalue weighted by atomic mass is 32.2. The van der Waals surface area contributed by atoms with Gasteiger partial charge in [0.1, 0.15) is 0 Å². The van der Waals surface area contributed by atoms with Crippen LogP contribution < -0.4 is 5.32 Å². The number of nitrogens with zero attached hydrogens (tertiary/aromatic N) is 2. The number of nitrogens with one attached hydrogen (secondary N) is 1. The molecule has 0 aliphatic heterocycles. The highest BCUT2D eigenvalue weighted by Gasteiger charge is 2.27. The number of carbonyl (C=O) groups is 2. The van der Waals surface area contributed by atoms with Gasteiger partial charge in [-0.2, -0.15) is 0 Å². The van der Waals surface area contributed by atoms with E-state index in [0.29, 0.717) is 5.13 Å². The van der Waals surface area contributed by atoms with Gasteiger partial charge in [-0.3, -0.25) is 10.1 Å². The number of amides is 2. The third-order valence-corrected chi connectivity index (χ3v) is 8.47. The van der Waals surface area contributed by atoms with Crippen LogP contribution in [0.3, 0.4) is 0 Å². The van der Waals surface area contributed by atoms with Crippen LogP contribution in [0.5, 0.6) is 0 Å². The number of thioether (sulfide) groups is 2. The molecule has 1 aromatic carbocycles. The Morgan fingerprint density at radius 2 is 1.94 bits per heavy atom. The van der Waals surface area contributed by atoms with Crippen molar-refractivity contribution in [2.75, 3.05) is 23.4 Å². The quantitative estimate of drug-likeness (QED) is 0.325. The molecular weight excluding hydrogens is 450 g/mol. The molecule has 1 aliphatic rings. The van der Waals surface area contributed by atoms with Crippen LogP contribution in [0.1, 0.15) is 39.0 Å². The summed E-state index contributed by atoms with van der Waals surface area (Å²) in [7, 11) is 0. The number of carboxylic acid groups (broad SMARTS) is 1. The first-order chi connectivity index (χ1) is 15.0. The molecule has 1 heterocycles. The van der Waals surface area contributed by atoms with Crippen molar-refractivity contribution in [1.29, 1.82) is 0 Å². The molecule has 1 aliphatic carbocycles. The number of carboxylic acids is 1. The van der Waals surface area contributed by atoms with E-state index in [2.05, 4.69) is 29.4 Å². The molecule has 0 spiro atoms. The van der Waals surface area contributed by atoms with Gasteiger partial charge in [0.05, 0.1) is 16.2 Å². The summed E-state index contributed by atoms with van der Waals surface area (Å²) in [6.45, 7) is 3.00. The maximum Gasteiger partial charge on any atom is 0.323 e. The minimum atomic E-state index is -0.866. The standard InChI is InChI=1S/C22H29N3O3S3/c1-16-8-10-17(11-9-16)25(12-5-13-29-18-6-3-2-4-7-18)22(28)24-21-23-14-20(31-21)30-15-19(26)27/h2-4,6-7,14,16-17H,5,8-13,15H2,1H3,(H,26,27)(H,23,24,28). The van der Waals surface area contributed by atoms with Crippen molar-refractivity contribution in [2.45, 2.75) is 54.2 Å². The van der Waals surface area contributed by atoms with E-state index in [1.165, 1.54) is 28.0 Å². The van der Waals surface area contributed by atoms with Crippen LogP contribution in [0.15, 0.2) is 45.6 Å². The molecule has 2 amide bonds. The average Bonchev–Trinajstić information content (AvgIpc) is 3.21. The molecule has 168 valence electrons. The highest BCUT2D eigenvalue weighted by molar-refractivity contribution is 8.01. The van der Waals surface area contributed by atoms with Crippen LogP contribution in [0.25, 0.3) is 0 Å². The minimum absolute atomic E-state index is 0.0129. The summed E-state index contributed by atoms with van der Waals surface area (Å²) in [5, 5.41) is 12.3.